The van der Waals surface area contributed by atoms with E-state index in [1.54, 1.807) is 0 Å². The van der Waals surface area contributed by atoms with E-state index in [4.69, 9.17) is 0 Å². The average Bonchev–Trinajstić information content (AvgIpc) is 2.12. The lowest BCUT2D eigenvalue weighted by molar-refractivity contribution is -0.140. The molecule has 0 radical (unpaired) electrons. The van der Waals surface area contributed by atoms with Crippen LogP contribution in [-0.4, -0.2) is 37.5 Å². The maximum atomic E-state index is 11.6. The molecule has 0 saturated carbocycles. The number of amides is 1. The van der Waals surface area contributed by atoms with Gasteiger partial charge in [0.1, 0.15) is 0 Å². The Labute approximate surface area is 85.3 Å². The van der Waals surface area contributed by atoms with Crippen LogP contribution in [0.2, 0.25) is 0 Å². The van der Waals surface area contributed by atoms with E-state index in [0.717, 1.165) is 19.6 Å². The van der Waals surface area contributed by atoms with Gasteiger partial charge in [0.05, 0.1) is 5.92 Å². The first-order valence-electron chi connectivity index (χ1n) is 4.75. The molecule has 0 aromatic heterocycles. The highest BCUT2D eigenvalue weighted by Gasteiger charge is 2.36. The topological polar surface area (TPSA) is 32.3 Å². The molecule has 0 aromatic carbocycles. The fourth-order valence-corrected chi connectivity index (χ4v) is 2.30. The number of nitrogens with one attached hydrogen (secondary N) is 1. The summed E-state index contributed by atoms with van der Waals surface area (Å²) >= 11 is 0. The highest BCUT2D eigenvalue weighted by atomic mass is 35.5. The molecule has 13 heavy (non-hydrogen) atoms. The van der Waals surface area contributed by atoms with Crippen LogP contribution in [-0.2, 0) is 4.79 Å². The first-order chi connectivity index (χ1) is 5.79. The lowest BCUT2D eigenvalue weighted by Crippen LogP contribution is -2.50. The fourth-order valence-electron chi connectivity index (χ4n) is 2.30. The van der Waals surface area contributed by atoms with Crippen molar-refractivity contribution in [3.8, 4) is 0 Å². The summed E-state index contributed by atoms with van der Waals surface area (Å²) in [5, 5.41) is 3.29. The first kappa shape index (κ1) is 10.8. The van der Waals surface area contributed by atoms with Crippen LogP contribution in [0.4, 0.5) is 0 Å². The van der Waals surface area contributed by atoms with E-state index in [-0.39, 0.29) is 18.3 Å². The van der Waals surface area contributed by atoms with Crippen molar-refractivity contribution >= 4 is 18.3 Å². The molecule has 0 bridgehead atoms. The highest BCUT2D eigenvalue weighted by Crippen LogP contribution is 2.28. The first-order valence-corrected chi connectivity index (χ1v) is 4.75. The van der Waals surface area contributed by atoms with Crippen molar-refractivity contribution in [3.63, 3.8) is 0 Å². The zero-order chi connectivity index (χ0) is 8.55. The number of fused-ring (bicyclic) bond motifs is 1. The number of carbonyl (C=O) groups is 1. The number of piperidine rings is 2. The van der Waals surface area contributed by atoms with Crippen LogP contribution >= 0.6 is 12.4 Å². The quantitative estimate of drug-likeness (QED) is 0.623. The van der Waals surface area contributed by atoms with Crippen LogP contribution in [0.3, 0.4) is 0 Å². The Morgan fingerprint density at radius 1 is 1.46 bits per heavy atom. The van der Waals surface area contributed by atoms with E-state index in [1.807, 2.05) is 11.9 Å². The summed E-state index contributed by atoms with van der Waals surface area (Å²) < 4.78 is 0. The summed E-state index contributed by atoms with van der Waals surface area (Å²) in [7, 11) is 1.91. The summed E-state index contributed by atoms with van der Waals surface area (Å²) in [6.45, 7) is 2.95. The third-order valence-corrected chi connectivity index (χ3v) is 3.15. The Kier molecular flexibility index (Phi) is 3.56. The Morgan fingerprint density at radius 3 is 3.00 bits per heavy atom. The van der Waals surface area contributed by atoms with Gasteiger partial charge in [0.2, 0.25) is 5.91 Å². The van der Waals surface area contributed by atoms with Gasteiger partial charge in [0.15, 0.2) is 0 Å². The second kappa shape index (κ2) is 4.29. The minimum absolute atomic E-state index is 0. The summed E-state index contributed by atoms with van der Waals surface area (Å²) in [4.78, 5) is 13.5. The molecule has 1 amide bonds. The molecule has 2 heterocycles. The van der Waals surface area contributed by atoms with Crippen molar-refractivity contribution in [1.29, 1.82) is 0 Å². The molecule has 2 aliphatic heterocycles. The predicted octanol–water partition coefficient (Wildman–Crippen LogP) is 0.496. The third-order valence-electron chi connectivity index (χ3n) is 3.15. The van der Waals surface area contributed by atoms with Crippen LogP contribution in [0, 0.1) is 11.8 Å². The SMILES string of the molecule is CN1CCC2CCNCC2C1=O.Cl. The number of carbonyl (C=O) groups excluding carboxylic acids is 1. The van der Waals surface area contributed by atoms with Gasteiger partial charge in [-0.25, -0.2) is 0 Å². The average molecular weight is 205 g/mol. The third kappa shape index (κ3) is 1.97. The van der Waals surface area contributed by atoms with Gasteiger partial charge in [-0.2, -0.15) is 0 Å². The maximum absolute atomic E-state index is 11.6. The number of nitrogens with zero attached hydrogens (tertiary/aromatic N) is 1. The van der Waals surface area contributed by atoms with Crippen LogP contribution in [0.25, 0.3) is 0 Å². The van der Waals surface area contributed by atoms with Gasteiger partial charge in [-0.15, -0.1) is 12.4 Å². The van der Waals surface area contributed by atoms with Gasteiger partial charge in [0.25, 0.3) is 0 Å². The zero-order valence-corrected chi connectivity index (χ0v) is 8.77. The van der Waals surface area contributed by atoms with Crippen LogP contribution < -0.4 is 5.32 Å². The molecular weight excluding hydrogens is 188 g/mol. The van der Waals surface area contributed by atoms with E-state index in [1.165, 1.54) is 12.8 Å². The van der Waals surface area contributed by atoms with Crippen molar-refractivity contribution < 1.29 is 4.79 Å². The normalized spacial score (nSPS) is 33.6. The fraction of sp³-hybridized carbons (Fsp3) is 0.889. The molecule has 0 aromatic rings. The summed E-state index contributed by atoms with van der Waals surface area (Å²) in [5.41, 5.74) is 0. The van der Waals surface area contributed by atoms with E-state index >= 15 is 0 Å². The van der Waals surface area contributed by atoms with E-state index in [9.17, 15) is 4.79 Å². The number of hydrogen-bond donors (Lipinski definition) is 1. The molecule has 3 nitrogen and oxygen atoms in total. The molecule has 1 N–H and O–H groups in total. The summed E-state index contributed by atoms with van der Waals surface area (Å²) in [6, 6.07) is 0. The van der Waals surface area contributed by atoms with E-state index < -0.39 is 0 Å². The molecule has 4 heteroatoms. The van der Waals surface area contributed by atoms with Gasteiger partial charge < -0.3 is 10.2 Å². The van der Waals surface area contributed by atoms with Gasteiger partial charge in [-0.1, -0.05) is 0 Å². The molecule has 2 rings (SSSR count). The minimum Gasteiger partial charge on any atom is -0.345 e. The molecule has 0 aliphatic carbocycles. The molecular formula is C9H17ClN2O. The van der Waals surface area contributed by atoms with Gasteiger partial charge in [-0.3, -0.25) is 4.79 Å². The van der Waals surface area contributed by atoms with Crippen molar-refractivity contribution in [2.75, 3.05) is 26.7 Å². The van der Waals surface area contributed by atoms with Crippen molar-refractivity contribution in [2.45, 2.75) is 12.8 Å². The lowest BCUT2D eigenvalue weighted by Gasteiger charge is -2.39. The van der Waals surface area contributed by atoms with Gasteiger partial charge in [-0.05, 0) is 25.3 Å². The Hall–Kier alpha value is -0.280. The molecule has 2 fully saturated rings. The molecule has 2 saturated heterocycles. The Bertz CT molecular complexity index is 198. The molecule has 2 aliphatic rings. The van der Waals surface area contributed by atoms with E-state index in [2.05, 4.69) is 5.32 Å². The Balaban J connectivity index is 0.000000845. The second-order valence-electron chi connectivity index (χ2n) is 3.91. The summed E-state index contributed by atoms with van der Waals surface area (Å²) in [6.07, 6.45) is 2.39. The molecule has 0 spiro atoms. The van der Waals surface area contributed by atoms with Crippen molar-refractivity contribution in [3.05, 3.63) is 0 Å². The predicted molar refractivity (Wildman–Crippen MR) is 54.0 cm³/mol. The minimum atomic E-state index is 0. The number of likely N-dealkylation sites (tertiary alicyclic amines) is 1. The van der Waals surface area contributed by atoms with E-state index in [0.29, 0.717) is 11.8 Å². The maximum Gasteiger partial charge on any atom is 0.226 e. The standard InChI is InChI=1S/C9H16N2O.ClH/c1-11-5-3-7-2-4-10-6-8(7)9(11)12;/h7-8,10H,2-6H2,1H3;1H. The monoisotopic (exact) mass is 204 g/mol. The largest absolute Gasteiger partial charge is 0.345 e. The zero-order valence-electron chi connectivity index (χ0n) is 7.95. The Morgan fingerprint density at radius 2 is 2.23 bits per heavy atom. The highest BCUT2D eigenvalue weighted by molar-refractivity contribution is 5.85. The molecule has 2 atom stereocenters. The molecule has 76 valence electrons. The van der Waals surface area contributed by atoms with Crippen molar-refractivity contribution in [1.82, 2.24) is 10.2 Å². The smallest absolute Gasteiger partial charge is 0.226 e. The van der Waals surface area contributed by atoms with Crippen LogP contribution in [0.5, 0.6) is 0 Å². The lowest BCUT2D eigenvalue weighted by atomic mass is 9.80. The summed E-state index contributed by atoms with van der Waals surface area (Å²) in [5.74, 6) is 1.28. The van der Waals surface area contributed by atoms with Crippen LogP contribution in [0.1, 0.15) is 12.8 Å². The van der Waals surface area contributed by atoms with Gasteiger partial charge >= 0.3 is 0 Å². The number of halogens is 1. The molecule has 2 unspecified atom stereocenters. The number of rotatable bonds is 0. The number of hydrogen-bond acceptors (Lipinski definition) is 2. The van der Waals surface area contributed by atoms with Crippen molar-refractivity contribution in [2.24, 2.45) is 11.8 Å². The second-order valence-corrected chi connectivity index (χ2v) is 3.91. The van der Waals surface area contributed by atoms with Gasteiger partial charge in [0, 0.05) is 20.1 Å². The van der Waals surface area contributed by atoms with Crippen LogP contribution in [0.15, 0.2) is 0 Å².